The molecule has 4 heteroatoms. The van der Waals surface area contributed by atoms with Gasteiger partial charge in [0.2, 0.25) is 0 Å². The van der Waals surface area contributed by atoms with Gasteiger partial charge >= 0.3 is 0 Å². The molecule has 0 unspecified atom stereocenters. The average molecular weight is 314 g/mol. The second-order valence-corrected chi connectivity index (χ2v) is 6.87. The van der Waals surface area contributed by atoms with Crippen LogP contribution in [0.2, 0.25) is 0 Å². The molecule has 1 aromatic heterocycles. The highest BCUT2D eigenvalue weighted by Crippen LogP contribution is 2.38. The van der Waals surface area contributed by atoms with Crippen LogP contribution in [-0.4, -0.2) is 42.3 Å². The minimum atomic E-state index is 0.0866. The van der Waals surface area contributed by atoms with Gasteiger partial charge in [-0.3, -0.25) is 4.90 Å². The first-order chi connectivity index (χ1) is 11.2. The molecule has 2 aromatic rings. The van der Waals surface area contributed by atoms with Gasteiger partial charge in [0.05, 0.1) is 12.8 Å². The molecule has 0 radical (unpaired) electrons. The Morgan fingerprint density at radius 1 is 1.22 bits per heavy atom. The molecule has 1 aliphatic carbocycles. The molecule has 4 nitrogen and oxygen atoms in total. The number of para-hydroxylation sites is 1. The third kappa shape index (κ3) is 3.48. The van der Waals surface area contributed by atoms with Gasteiger partial charge in [0.15, 0.2) is 0 Å². The number of aliphatic hydroxyl groups is 1. The van der Waals surface area contributed by atoms with E-state index in [-0.39, 0.29) is 12.0 Å². The van der Waals surface area contributed by atoms with Crippen molar-refractivity contribution in [1.82, 2.24) is 9.88 Å². The van der Waals surface area contributed by atoms with E-state index in [1.165, 1.54) is 12.8 Å². The molecule has 0 atom stereocenters. The zero-order valence-electron chi connectivity index (χ0n) is 14.1. The Morgan fingerprint density at radius 3 is 2.70 bits per heavy atom. The summed E-state index contributed by atoms with van der Waals surface area (Å²) >= 11 is 0. The fraction of sp³-hybridized carbons (Fsp3) is 0.526. The maximum Gasteiger partial charge on any atom is 0.145 e. The Bertz CT molecular complexity index is 665. The highest BCUT2D eigenvalue weighted by atomic mass is 16.5. The number of fused-ring (bicyclic) bond motifs is 1. The zero-order chi connectivity index (χ0) is 16.3. The lowest BCUT2D eigenvalue weighted by Gasteiger charge is -2.31. The second-order valence-electron chi connectivity index (χ2n) is 6.87. The Morgan fingerprint density at radius 2 is 2.00 bits per heavy atom. The van der Waals surface area contributed by atoms with Crippen LogP contribution < -0.4 is 4.74 Å². The molecule has 0 aliphatic heterocycles. The van der Waals surface area contributed by atoms with Crippen molar-refractivity contribution in [3.05, 3.63) is 36.0 Å². The third-order valence-corrected chi connectivity index (χ3v) is 5.00. The first-order valence-electron chi connectivity index (χ1n) is 8.38. The van der Waals surface area contributed by atoms with E-state index < -0.39 is 0 Å². The maximum atomic E-state index is 9.78. The van der Waals surface area contributed by atoms with E-state index >= 15 is 0 Å². The van der Waals surface area contributed by atoms with Crippen molar-refractivity contribution in [2.24, 2.45) is 5.41 Å². The van der Waals surface area contributed by atoms with Crippen LogP contribution >= 0.6 is 0 Å². The van der Waals surface area contributed by atoms with Crippen molar-refractivity contribution in [3.63, 3.8) is 0 Å². The Labute approximate surface area is 138 Å². The van der Waals surface area contributed by atoms with Crippen LogP contribution in [0.15, 0.2) is 30.3 Å². The van der Waals surface area contributed by atoms with Crippen LogP contribution in [0.3, 0.4) is 0 Å². The first kappa shape index (κ1) is 16.2. The predicted molar refractivity (Wildman–Crippen MR) is 92.6 cm³/mol. The summed E-state index contributed by atoms with van der Waals surface area (Å²) in [6.45, 7) is 2.00. The number of aliphatic hydroxyl groups excluding tert-OH is 1. The fourth-order valence-electron chi connectivity index (χ4n) is 3.81. The van der Waals surface area contributed by atoms with E-state index in [0.29, 0.717) is 0 Å². The fourth-order valence-corrected chi connectivity index (χ4v) is 3.81. The summed E-state index contributed by atoms with van der Waals surface area (Å²) in [5.41, 5.74) is 2.04. The quantitative estimate of drug-likeness (QED) is 0.889. The number of hydrogen-bond acceptors (Lipinski definition) is 4. The van der Waals surface area contributed by atoms with Crippen molar-refractivity contribution < 1.29 is 9.84 Å². The van der Waals surface area contributed by atoms with E-state index in [1.54, 1.807) is 7.11 Å². The van der Waals surface area contributed by atoms with Crippen LogP contribution in [0.4, 0.5) is 0 Å². The zero-order valence-corrected chi connectivity index (χ0v) is 14.1. The van der Waals surface area contributed by atoms with Crippen LogP contribution in [0.25, 0.3) is 10.9 Å². The van der Waals surface area contributed by atoms with Crippen molar-refractivity contribution in [1.29, 1.82) is 0 Å². The molecule has 0 amide bonds. The summed E-state index contributed by atoms with van der Waals surface area (Å²) in [6.07, 6.45) is 4.74. The Kier molecular flexibility index (Phi) is 4.83. The topological polar surface area (TPSA) is 45.6 Å². The van der Waals surface area contributed by atoms with Gasteiger partial charge in [0.1, 0.15) is 11.3 Å². The molecular formula is C19H26N2O2. The van der Waals surface area contributed by atoms with Crippen LogP contribution in [0, 0.1) is 5.41 Å². The molecule has 1 N–H and O–H groups in total. The highest BCUT2D eigenvalue weighted by molar-refractivity contribution is 5.84. The number of ether oxygens (including phenoxy) is 1. The van der Waals surface area contributed by atoms with E-state index in [0.717, 1.165) is 48.3 Å². The van der Waals surface area contributed by atoms with Gasteiger partial charge in [-0.05, 0) is 32.0 Å². The summed E-state index contributed by atoms with van der Waals surface area (Å²) < 4.78 is 5.42. The molecule has 124 valence electrons. The van der Waals surface area contributed by atoms with Gasteiger partial charge in [-0.1, -0.05) is 31.0 Å². The van der Waals surface area contributed by atoms with Crippen LogP contribution in [-0.2, 0) is 6.54 Å². The van der Waals surface area contributed by atoms with Gasteiger partial charge in [-0.2, -0.15) is 0 Å². The van der Waals surface area contributed by atoms with Crippen LogP contribution in [0.1, 0.15) is 31.4 Å². The summed E-state index contributed by atoms with van der Waals surface area (Å²) in [6, 6.07) is 10.2. The van der Waals surface area contributed by atoms with Gasteiger partial charge in [0, 0.05) is 30.5 Å². The number of aromatic nitrogens is 1. The number of methoxy groups -OCH3 is 1. The normalized spacial score (nSPS) is 17.0. The van der Waals surface area contributed by atoms with E-state index in [9.17, 15) is 5.11 Å². The van der Waals surface area contributed by atoms with Gasteiger partial charge in [0.25, 0.3) is 0 Å². The number of nitrogens with zero attached hydrogens (tertiary/aromatic N) is 2. The molecule has 1 aliphatic rings. The average Bonchev–Trinajstić information content (AvgIpc) is 3.03. The van der Waals surface area contributed by atoms with Gasteiger partial charge < -0.3 is 9.84 Å². The van der Waals surface area contributed by atoms with Crippen molar-refractivity contribution in [2.45, 2.75) is 32.2 Å². The predicted octanol–water partition coefficient (Wildman–Crippen LogP) is 3.23. The largest absolute Gasteiger partial charge is 0.494 e. The number of rotatable bonds is 6. The molecule has 1 saturated carbocycles. The Hall–Kier alpha value is -1.65. The molecule has 3 rings (SSSR count). The Balaban J connectivity index is 1.75. The monoisotopic (exact) mass is 314 g/mol. The minimum Gasteiger partial charge on any atom is -0.494 e. The van der Waals surface area contributed by atoms with Crippen molar-refractivity contribution in [2.75, 3.05) is 27.3 Å². The summed E-state index contributed by atoms with van der Waals surface area (Å²) in [7, 11) is 3.80. The van der Waals surface area contributed by atoms with E-state index in [2.05, 4.69) is 30.1 Å². The summed E-state index contributed by atoms with van der Waals surface area (Å²) in [4.78, 5) is 7.06. The van der Waals surface area contributed by atoms with E-state index in [1.807, 2.05) is 12.1 Å². The lowest BCUT2D eigenvalue weighted by molar-refractivity contribution is 0.0859. The third-order valence-electron chi connectivity index (χ3n) is 5.00. The molecule has 0 bridgehead atoms. The van der Waals surface area contributed by atoms with Gasteiger partial charge in [-0.25, -0.2) is 4.98 Å². The molecule has 0 saturated heterocycles. The standard InChI is InChI=1S/C19H26N2O2/c1-21(13-19(14-22)10-3-4-11-19)12-16-9-8-15-6-5-7-17(23-2)18(15)20-16/h5-9,22H,3-4,10-14H2,1-2H3. The molecule has 1 fully saturated rings. The molecular weight excluding hydrogens is 288 g/mol. The SMILES string of the molecule is COc1cccc2ccc(CN(C)CC3(CO)CCCC3)nc12. The molecule has 1 heterocycles. The molecule has 0 spiro atoms. The lowest BCUT2D eigenvalue weighted by atomic mass is 9.86. The number of pyridine rings is 1. The van der Waals surface area contributed by atoms with E-state index in [4.69, 9.17) is 9.72 Å². The number of benzene rings is 1. The first-order valence-corrected chi connectivity index (χ1v) is 8.38. The van der Waals surface area contributed by atoms with Crippen molar-refractivity contribution >= 4 is 10.9 Å². The summed E-state index contributed by atoms with van der Waals surface area (Å²) in [5.74, 6) is 0.814. The smallest absolute Gasteiger partial charge is 0.145 e. The van der Waals surface area contributed by atoms with Crippen molar-refractivity contribution in [3.8, 4) is 5.75 Å². The highest BCUT2D eigenvalue weighted by Gasteiger charge is 2.34. The van der Waals surface area contributed by atoms with Crippen LogP contribution in [0.5, 0.6) is 5.75 Å². The second kappa shape index (κ2) is 6.85. The summed E-state index contributed by atoms with van der Waals surface area (Å²) in [5, 5.41) is 10.9. The number of hydrogen-bond donors (Lipinski definition) is 1. The molecule has 23 heavy (non-hydrogen) atoms. The molecule has 1 aromatic carbocycles. The lowest BCUT2D eigenvalue weighted by Crippen LogP contribution is -2.36. The van der Waals surface area contributed by atoms with Gasteiger partial charge in [-0.15, -0.1) is 0 Å². The maximum absolute atomic E-state index is 9.78. The minimum absolute atomic E-state index is 0.0866.